The zero-order valence-electron chi connectivity index (χ0n) is 32.3. The molecule has 2 aliphatic rings. The normalized spacial score (nSPS) is 24.7. The van der Waals surface area contributed by atoms with E-state index in [-0.39, 0.29) is 18.3 Å². The Morgan fingerprint density at radius 3 is 2.16 bits per heavy atom. The summed E-state index contributed by atoms with van der Waals surface area (Å²) in [5.41, 5.74) is 3.76. The van der Waals surface area contributed by atoms with E-state index in [4.69, 9.17) is 34.3 Å². The van der Waals surface area contributed by atoms with Crippen LogP contribution in [0.1, 0.15) is 128 Å². The van der Waals surface area contributed by atoms with Crippen molar-refractivity contribution in [3.63, 3.8) is 0 Å². The highest BCUT2D eigenvalue weighted by atomic mass is 31.2. The summed E-state index contributed by atoms with van der Waals surface area (Å²) in [5.74, 6) is 0.405. The molecule has 0 radical (unpaired) electrons. The molecule has 1 aliphatic heterocycles. The number of hydrogen-bond donors (Lipinski definition) is 4. The quantitative estimate of drug-likeness (QED) is 0.0478. The molecule has 1 aliphatic carbocycles. The van der Waals surface area contributed by atoms with Crippen molar-refractivity contribution >= 4 is 19.2 Å². The summed E-state index contributed by atoms with van der Waals surface area (Å²) in [6, 6.07) is 8.37. The van der Waals surface area contributed by atoms with Gasteiger partial charge in [-0.05, 0) is 31.5 Å². The van der Waals surface area contributed by atoms with Gasteiger partial charge in [0.1, 0.15) is 47.9 Å². The largest absolute Gasteiger partial charge is 0.472 e. The number of aliphatic hydroxyl groups excluding tert-OH is 1. The van der Waals surface area contributed by atoms with Gasteiger partial charge in [-0.1, -0.05) is 103 Å². The standard InChI is InChI=1S/C39H59N6O9P/c1-3-4-5-6-7-8-9-10-11-12-13-14-15-16-17-18-23-50-26-30(52-33-22-19-29(24-40)25-42-33)27-51-55(48,49)54-35-34-39(35,47)37(46)38(2,53-34)32-21-20-31-36(41)43-28-44-45(31)32/h19-22,25,28,30,34-35,37,46-47H,3-18,23,26-27H2,1-2H3,(H,48,49)(H2,41,43,44)/t30-,34-,35?,37+,38+,39+/m1/s1. The molecule has 55 heavy (non-hydrogen) atoms. The molecule has 3 aromatic rings. The van der Waals surface area contributed by atoms with Gasteiger partial charge in [0.15, 0.2) is 11.4 Å². The Labute approximate surface area is 324 Å². The second kappa shape index (κ2) is 20.3. The molecule has 304 valence electrons. The highest BCUT2D eigenvalue weighted by molar-refractivity contribution is 7.47. The van der Waals surface area contributed by atoms with E-state index >= 15 is 0 Å². The third-order valence-corrected chi connectivity index (χ3v) is 11.6. The first-order valence-corrected chi connectivity index (χ1v) is 21.5. The van der Waals surface area contributed by atoms with Crippen molar-refractivity contribution in [2.45, 2.75) is 152 Å². The third kappa shape index (κ3) is 11.2. The number of nitrogen functional groups attached to an aromatic ring is 1. The first kappa shape index (κ1) is 42.9. The summed E-state index contributed by atoms with van der Waals surface area (Å²) in [5, 5.41) is 35.9. The molecule has 1 saturated heterocycles. The number of nitriles is 1. The van der Waals surface area contributed by atoms with Crippen molar-refractivity contribution < 1.29 is 42.9 Å². The maximum atomic E-state index is 13.1. The molecule has 2 fully saturated rings. The van der Waals surface area contributed by atoms with Crippen LogP contribution in [0.2, 0.25) is 0 Å². The predicted molar refractivity (Wildman–Crippen MR) is 205 cm³/mol. The van der Waals surface area contributed by atoms with E-state index in [2.05, 4.69) is 22.0 Å². The van der Waals surface area contributed by atoms with Crippen molar-refractivity contribution in [3.05, 3.63) is 48.0 Å². The third-order valence-electron chi connectivity index (χ3n) is 10.7. The average Bonchev–Trinajstić information content (AvgIpc) is 3.41. The van der Waals surface area contributed by atoms with Crippen molar-refractivity contribution in [1.29, 1.82) is 5.26 Å². The smallest absolute Gasteiger partial charge is 0.469 e. The molecule has 0 aromatic carbocycles. The van der Waals surface area contributed by atoms with E-state index in [1.54, 1.807) is 25.1 Å². The molecule has 15 nitrogen and oxygen atoms in total. The Hall–Kier alpha value is -3.19. The molecule has 4 heterocycles. The molecule has 1 saturated carbocycles. The van der Waals surface area contributed by atoms with Gasteiger partial charge in [-0.3, -0.25) is 9.05 Å². The van der Waals surface area contributed by atoms with Gasteiger partial charge in [-0.2, -0.15) is 10.4 Å². The van der Waals surface area contributed by atoms with Gasteiger partial charge in [0.05, 0.1) is 24.5 Å². The van der Waals surface area contributed by atoms with Gasteiger partial charge < -0.3 is 35.1 Å². The molecule has 5 N–H and O–H groups in total. The lowest BCUT2D eigenvalue weighted by molar-refractivity contribution is -0.126. The summed E-state index contributed by atoms with van der Waals surface area (Å²) in [6.07, 6.45) is 18.1. The Bertz CT molecular complexity index is 1720. The maximum Gasteiger partial charge on any atom is 0.472 e. The number of fused-ring (bicyclic) bond motifs is 2. The number of anilines is 1. The van der Waals surface area contributed by atoms with Crippen molar-refractivity contribution in [1.82, 2.24) is 19.6 Å². The van der Waals surface area contributed by atoms with Crippen molar-refractivity contribution in [2.24, 2.45) is 0 Å². The van der Waals surface area contributed by atoms with Crippen LogP contribution < -0.4 is 10.5 Å². The van der Waals surface area contributed by atoms with Crippen LogP contribution in [0.15, 0.2) is 36.8 Å². The van der Waals surface area contributed by atoms with Crippen LogP contribution >= 0.6 is 7.82 Å². The highest BCUT2D eigenvalue weighted by Crippen LogP contribution is 2.63. The molecular weight excluding hydrogens is 727 g/mol. The molecule has 5 rings (SSSR count). The number of hydrogen-bond acceptors (Lipinski definition) is 13. The number of aromatic nitrogens is 4. The number of phosphoric ester groups is 1. The van der Waals surface area contributed by atoms with Gasteiger partial charge in [0.2, 0.25) is 5.88 Å². The summed E-state index contributed by atoms with van der Waals surface area (Å²) in [7, 11) is -4.80. The number of pyridine rings is 1. The minimum absolute atomic E-state index is 0.0376. The monoisotopic (exact) mass is 786 g/mol. The lowest BCUT2D eigenvalue weighted by Gasteiger charge is -2.32. The fourth-order valence-electron chi connectivity index (χ4n) is 7.36. The van der Waals surface area contributed by atoms with Gasteiger partial charge in [0.25, 0.3) is 0 Å². The maximum absolute atomic E-state index is 13.1. The Kier molecular flexibility index (Phi) is 15.8. The van der Waals surface area contributed by atoms with E-state index in [1.165, 1.54) is 107 Å². The number of aliphatic hydroxyl groups is 2. The molecule has 0 bridgehead atoms. The van der Waals surface area contributed by atoms with Crippen LogP contribution in [0.5, 0.6) is 5.88 Å². The van der Waals surface area contributed by atoms with E-state index in [0.717, 1.165) is 19.3 Å². The number of nitrogens with zero attached hydrogens (tertiary/aromatic N) is 5. The van der Waals surface area contributed by atoms with Crippen LogP contribution in [-0.4, -0.2) is 84.5 Å². The molecular formula is C39H59N6O9P. The zero-order valence-corrected chi connectivity index (χ0v) is 33.2. The molecule has 16 heteroatoms. The molecule has 0 amide bonds. The van der Waals surface area contributed by atoms with Crippen molar-refractivity contribution in [2.75, 3.05) is 25.6 Å². The fourth-order valence-corrected chi connectivity index (χ4v) is 8.34. The first-order chi connectivity index (χ1) is 26.5. The van der Waals surface area contributed by atoms with Crippen LogP contribution in [0.25, 0.3) is 5.52 Å². The zero-order chi connectivity index (χ0) is 39.3. The molecule has 3 aromatic heterocycles. The van der Waals surface area contributed by atoms with E-state index in [1.807, 2.05) is 6.07 Å². The number of phosphoric acid groups is 1. The number of rotatable bonds is 27. The van der Waals surface area contributed by atoms with Gasteiger partial charge in [-0.25, -0.2) is 19.0 Å². The van der Waals surface area contributed by atoms with Crippen LogP contribution in [0.3, 0.4) is 0 Å². The van der Waals surface area contributed by atoms with Gasteiger partial charge >= 0.3 is 7.82 Å². The number of unbranched alkanes of at least 4 members (excludes halogenated alkanes) is 15. The van der Waals surface area contributed by atoms with Crippen molar-refractivity contribution in [3.8, 4) is 11.9 Å². The van der Waals surface area contributed by atoms with Crippen LogP contribution in [0.4, 0.5) is 5.82 Å². The predicted octanol–water partition coefficient (Wildman–Crippen LogP) is 6.53. The minimum Gasteiger partial charge on any atom is -0.469 e. The SMILES string of the molecule is CCCCCCCCCCCCCCCCCCOC[C@H](COP(=O)(O)OC1[C@H]2O[C@@](C)(c3ccc4c(N)ncnn34)[C@H](O)[C@@]12O)Oc1ccc(C#N)cn1. The van der Waals surface area contributed by atoms with E-state index in [0.29, 0.717) is 23.4 Å². The average molecular weight is 787 g/mol. The lowest BCUT2D eigenvalue weighted by atomic mass is 9.91. The summed E-state index contributed by atoms with van der Waals surface area (Å²) >= 11 is 0. The Morgan fingerprint density at radius 2 is 1.60 bits per heavy atom. The second-order valence-corrected chi connectivity index (χ2v) is 16.4. The van der Waals surface area contributed by atoms with E-state index < -0.39 is 50.0 Å². The molecule has 0 spiro atoms. The fraction of sp³-hybridized carbons (Fsp3) is 0.692. The summed E-state index contributed by atoms with van der Waals surface area (Å²) < 4.78 is 43.0. The second-order valence-electron chi connectivity index (χ2n) is 15.0. The number of nitrogens with two attached hydrogens (primary N) is 1. The van der Waals surface area contributed by atoms with Gasteiger partial charge in [0, 0.05) is 18.9 Å². The Morgan fingerprint density at radius 1 is 0.964 bits per heavy atom. The minimum atomic E-state index is -4.80. The summed E-state index contributed by atoms with van der Waals surface area (Å²) in [6.45, 7) is 3.94. The topological polar surface area (TPSA) is 217 Å². The lowest BCUT2D eigenvalue weighted by Crippen LogP contribution is -2.46. The van der Waals surface area contributed by atoms with Crippen LogP contribution in [-0.2, 0) is 28.7 Å². The Balaban J connectivity index is 1.01. The number of ether oxygens (including phenoxy) is 3. The molecule has 2 unspecified atom stereocenters. The van der Waals surface area contributed by atoms with E-state index in [9.17, 15) is 19.7 Å². The van der Waals surface area contributed by atoms with Gasteiger partial charge in [-0.15, -0.1) is 0 Å². The summed E-state index contributed by atoms with van der Waals surface area (Å²) in [4.78, 5) is 18.7. The first-order valence-electron chi connectivity index (χ1n) is 20.0. The van der Waals surface area contributed by atoms with Crippen LogP contribution in [0, 0.1) is 11.3 Å². The highest BCUT2D eigenvalue weighted by Gasteiger charge is 2.82. The molecule has 7 atom stereocenters.